The number of hydrogen-bond acceptors (Lipinski definition) is 2. The highest BCUT2D eigenvalue weighted by molar-refractivity contribution is 5.88. The largest absolute Gasteiger partial charge is 0.489 e. The van der Waals surface area contributed by atoms with E-state index in [1.54, 1.807) is 0 Å². The van der Waals surface area contributed by atoms with Gasteiger partial charge in [0, 0.05) is 5.56 Å². The van der Waals surface area contributed by atoms with Crippen molar-refractivity contribution in [2.24, 2.45) is 5.73 Å². The molecule has 3 nitrogen and oxygen atoms in total. The van der Waals surface area contributed by atoms with Crippen molar-refractivity contribution in [3.05, 3.63) is 29.8 Å². The van der Waals surface area contributed by atoms with E-state index >= 15 is 0 Å². The first kappa shape index (κ1) is 9.06. The van der Waals surface area contributed by atoms with Crippen LogP contribution in [0, 0.1) is 0 Å². The number of benzene rings is 1. The lowest BCUT2D eigenvalue weighted by molar-refractivity contribution is -0.124. The minimum atomic E-state index is -0.698. The van der Waals surface area contributed by atoms with Crippen LogP contribution < -0.4 is 10.5 Å². The van der Waals surface area contributed by atoms with Crippen LogP contribution in [0.15, 0.2) is 24.3 Å². The SMILES string of the molecule is CC1Oc2ccccc2C1(C)C(N)=O. The Kier molecular flexibility index (Phi) is 1.77. The maximum Gasteiger partial charge on any atom is 0.231 e. The highest BCUT2D eigenvalue weighted by Crippen LogP contribution is 2.42. The van der Waals surface area contributed by atoms with Gasteiger partial charge in [-0.3, -0.25) is 4.79 Å². The van der Waals surface area contributed by atoms with Gasteiger partial charge in [-0.2, -0.15) is 0 Å². The van der Waals surface area contributed by atoms with Gasteiger partial charge in [0.15, 0.2) is 0 Å². The highest BCUT2D eigenvalue weighted by atomic mass is 16.5. The molecule has 1 amide bonds. The van der Waals surface area contributed by atoms with Gasteiger partial charge in [-0.05, 0) is 19.9 Å². The molecule has 1 aromatic carbocycles. The summed E-state index contributed by atoms with van der Waals surface area (Å²) < 4.78 is 5.58. The van der Waals surface area contributed by atoms with Crippen molar-refractivity contribution < 1.29 is 9.53 Å². The number of ether oxygens (including phenoxy) is 1. The van der Waals surface area contributed by atoms with Gasteiger partial charge >= 0.3 is 0 Å². The van der Waals surface area contributed by atoms with E-state index < -0.39 is 5.41 Å². The maximum atomic E-state index is 11.4. The predicted octanol–water partition coefficient (Wildman–Crippen LogP) is 1.21. The van der Waals surface area contributed by atoms with Crippen LogP contribution in [0.3, 0.4) is 0 Å². The molecule has 1 aliphatic rings. The Morgan fingerprint density at radius 3 is 2.79 bits per heavy atom. The molecule has 2 atom stereocenters. The van der Waals surface area contributed by atoms with Crippen molar-refractivity contribution in [2.45, 2.75) is 25.4 Å². The molecule has 14 heavy (non-hydrogen) atoms. The molecule has 3 heteroatoms. The van der Waals surface area contributed by atoms with Gasteiger partial charge in [-0.25, -0.2) is 0 Å². The van der Waals surface area contributed by atoms with Crippen molar-refractivity contribution in [1.82, 2.24) is 0 Å². The summed E-state index contributed by atoms with van der Waals surface area (Å²) in [5, 5.41) is 0. The van der Waals surface area contributed by atoms with Crippen molar-refractivity contribution in [1.29, 1.82) is 0 Å². The summed E-state index contributed by atoms with van der Waals surface area (Å²) >= 11 is 0. The molecule has 1 aliphatic heterocycles. The number of carbonyl (C=O) groups excluding carboxylic acids is 1. The highest BCUT2D eigenvalue weighted by Gasteiger charge is 2.47. The average Bonchev–Trinajstić information content (AvgIpc) is 2.41. The fourth-order valence-electron chi connectivity index (χ4n) is 1.86. The van der Waals surface area contributed by atoms with Gasteiger partial charge in [0.1, 0.15) is 17.3 Å². The first-order valence-corrected chi connectivity index (χ1v) is 4.63. The van der Waals surface area contributed by atoms with Crippen LogP contribution in [-0.4, -0.2) is 12.0 Å². The van der Waals surface area contributed by atoms with Crippen LogP contribution in [-0.2, 0) is 10.2 Å². The third-order valence-electron chi connectivity index (χ3n) is 3.08. The monoisotopic (exact) mass is 191 g/mol. The molecule has 2 N–H and O–H groups in total. The van der Waals surface area contributed by atoms with Gasteiger partial charge in [0.2, 0.25) is 5.91 Å². The average molecular weight is 191 g/mol. The van der Waals surface area contributed by atoms with Crippen LogP contribution in [0.5, 0.6) is 5.75 Å². The number of rotatable bonds is 1. The number of fused-ring (bicyclic) bond motifs is 1. The summed E-state index contributed by atoms with van der Waals surface area (Å²) in [7, 11) is 0. The van der Waals surface area contributed by atoms with Crippen LogP contribution in [0.25, 0.3) is 0 Å². The lowest BCUT2D eigenvalue weighted by atomic mass is 9.79. The zero-order valence-electron chi connectivity index (χ0n) is 8.28. The standard InChI is InChI=1S/C11H13NO2/c1-7-11(2,10(12)13)8-5-3-4-6-9(8)14-7/h3-7H,1-2H3,(H2,12,13). The van der Waals surface area contributed by atoms with Gasteiger partial charge in [0.05, 0.1) is 0 Å². The Labute approximate surface area is 82.9 Å². The van der Waals surface area contributed by atoms with E-state index in [4.69, 9.17) is 10.5 Å². The molecule has 2 rings (SSSR count). The summed E-state index contributed by atoms with van der Waals surface area (Å²) in [5.74, 6) is 0.427. The third-order valence-corrected chi connectivity index (χ3v) is 3.08. The minimum Gasteiger partial charge on any atom is -0.489 e. The summed E-state index contributed by atoms with van der Waals surface area (Å²) in [5.41, 5.74) is 5.61. The summed E-state index contributed by atoms with van der Waals surface area (Å²) in [6, 6.07) is 7.53. The normalized spacial score (nSPS) is 29.4. The maximum absolute atomic E-state index is 11.4. The second-order valence-corrected chi connectivity index (χ2v) is 3.82. The van der Waals surface area contributed by atoms with Gasteiger partial charge < -0.3 is 10.5 Å². The van der Waals surface area contributed by atoms with E-state index in [2.05, 4.69) is 0 Å². The van der Waals surface area contributed by atoms with E-state index in [9.17, 15) is 4.79 Å². The van der Waals surface area contributed by atoms with Crippen LogP contribution >= 0.6 is 0 Å². The smallest absolute Gasteiger partial charge is 0.231 e. The van der Waals surface area contributed by atoms with Crippen LogP contribution in [0.4, 0.5) is 0 Å². The fourth-order valence-corrected chi connectivity index (χ4v) is 1.86. The van der Waals surface area contributed by atoms with Crippen LogP contribution in [0.2, 0.25) is 0 Å². The molecular weight excluding hydrogens is 178 g/mol. The molecule has 0 radical (unpaired) electrons. The predicted molar refractivity (Wildman–Crippen MR) is 53.1 cm³/mol. The molecule has 74 valence electrons. The molecule has 0 aliphatic carbocycles. The topological polar surface area (TPSA) is 52.3 Å². The van der Waals surface area contributed by atoms with E-state index in [1.165, 1.54) is 0 Å². The van der Waals surface area contributed by atoms with E-state index in [0.717, 1.165) is 11.3 Å². The number of amides is 1. The zero-order chi connectivity index (χ0) is 10.3. The Bertz CT molecular complexity index is 389. The first-order valence-electron chi connectivity index (χ1n) is 4.63. The number of carbonyl (C=O) groups is 1. The molecule has 0 aromatic heterocycles. The van der Waals surface area contributed by atoms with Gasteiger partial charge in [-0.1, -0.05) is 18.2 Å². The summed E-state index contributed by atoms with van der Waals surface area (Å²) in [4.78, 5) is 11.4. The van der Waals surface area contributed by atoms with Gasteiger partial charge in [0.25, 0.3) is 0 Å². The van der Waals surface area contributed by atoms with Crippen LogP contribution in [0.1, 0.15) is 19.4 Å². The number of para-hydroxylation sites is 1. The Balaban J connectivity index is 2.60. The van der Waals surface area contributed by atoms with Crippen molar-refractivity contribution in [3.63, 3.8) is 0 Å². The number of hydrogen-bond donors (Lipinski definition) is 1. The van der Waals surface area contributed by atoms with Crippen molar-refractivity contribution in [2.75, 3.05) is 0 Å². The Morgan fingerprint density at radius 2 is 2.14 bits per heavy atom. The van der Waals surface area contributed by atoms with E-state index in [-0.39, 0.29) is 12.0 Å². The molecule has 2 unspecified atom stereocenters. The summed E-state index contributed by atoms with van der Waals surface area (Å²) in [6.45, 7) is 3.69. The van der Waals surface area contributed by atoms with E-state index in [0.29, 0.717) is 0 Å². The zero-order valence-corrected chi connectivity index (χ0v) is 8.28. The van der Waals surface area contributed by atoms with Gasteiger partial charge in [-0.15, -0.1) is 0 Å². The third kappa shape index (κ3) is 0.953. The summed E-state index contributed by atoms with van der Waals surface area (Å²) in [6.07, 6.45) is -0.197. The molecule has 1 aromatic rings. The second-order valence-electron chi connectivity index (χ2n) is 3.82. The molecule has 0 fully saturated rings. The molecular formula is C11H13NO2. The lowest BCUT2D eigenvalue weighted by Crippen LogP contribution is -2.45. The molecule has 1 heterocycles. The number of primary amides is 1. The fraction of sp³-hybridized carbons (Fsp3) is 0.364. The molecule has 0 spiro atoms. The number of nitrogens with two attached hydrogens (primary N) is 1. The first-order chi connectivity index (χ1) is 6.56. The van der Waals surface area contributed by atoms with E-state index in [1.807, 2.05) is 38.1 Å². The quantitative estimate of drug-likeness (QED) is 0.725. The van der Waals surface area contributed by atoms with Crippen molar-refractivity contribution in [3.8, 4) is 5.75 Å². The molecule has 0 saturated heterocycles. The minimum absolute atomic E-state index is 0.197. The Hall–Kier alpha value is -1.51. The molecule has 0 saturated carbocycles. The van der Waals surface area contributed by atoms with Crippen molar-refractivity contribution >= 4 is 5.91 Å². The second kappa shape index (κ2) is 2.74. The lowest BCUT2D eigenvalue weighted by Gasteiger charge is -2.23. The Morgan fingerprint density at radius 1 is 1.50 bits per heavy atom. The molecule has 0 bridgehead atoms.